The molecule has 0 heterocycles. The number of hydrogen-bond acceptors (Lipinski definition) is 5. The number of primary amides is 1. The Hall–Kier alpha value is -3.10. The van der Waals surface area contributed by atoms with E-state index in [1.807, 2.05) is 31.2 Å². The van der Waals surface area contributed by atoms with Crippen molar-refractivity contribution in [3.8, 4) is 0 Å². The van der Waals surface area contributed by atoms with Gasteiger partial charge in [0.2, 0.25) is 17.7 Å². The predicted octanol–water partition coefficient (Wildman–Crippen LogP) is 4.77. The molecule has 1 aromatic carbocycles. The summed E-state index contributed by atoms with van der Waals surface area (Å²) < 4.78 is 5.39. The molecule has 9 heteroatoms. The van der Waals surface area contributed by atoms with Crippen LogP contribution < -0.4 is 16.4 Å². The van der Waals surface area contributed by atoms with Gasteiger partial charge in [-0.25, -0.2) is 4.79 Å². The molecule has 0 aliphatic heterocycles. The van der Waals surface area contributed by atoms with Crippen molar-refractivity contribution in [2.75, 3.05) is 13.1 Å². The Morgan fingerprint density at radius 1 is 0.949 bits per heavy atom. The van der Waals surface area contributed by atoms with E-state index in [2.05, 4.69) is 24.5 Å². The van der Waals surface area contributed by atoms with Gasteiger partial charge in [-0.05, 0) is 57.6 Å². The lowest BCUT2D eigenvalue weighted by Gasteiger charge is -2.34. The normalized spacial score (nSPS) is 12.8. The molecule has 0 aromatic heterocycles. The third-order valence-corrected chi connectivity index (χ3v) is 6.30. The molecule has 2 unspecified atom stereocenters. The highest BCUT2D eigenvalue weighted by Gasteiger charge is 2.36. The number of nitrogens with one attached hydrogen (secondary N) is 2. The van der Waals surface area contributed by atoms with Gasteiger partial charge in [0.25, 0.3) is 0 Å². The monoisotopic (exact) mass is 546 g/mol. The third kappa shape index (κ3) is 13.0. The molecule has 0 radical (unpaired) electrons. The molecule has 0 aliphatic carbocycles. The van der Waals surface area contributed by atoms with E-state index >= 15 is 0 Å². The number of hydrogen-bond donors (Lipinski definition) is 3. The predicted molar refractivity (Wildman–Crippen MR) is 154 cm³/mol. The fourth-order valence-corrected chi connectivity index (χ4v) is 4.16. The molecule has 4 amide bonds. The van der Waals surface area contributed by atoms with E-state index in [4.69, 9.17) is 10.5 Å². The highest BCUT2D eigenvalue weighted by Crippen LogP contribution is 2.25. The van der Waals surface area contributed by atoms with Crippen LogP contribution in [-0.4, -0.2) is 53.4 Å². The minimum Gasteiger partial charge on any atom is -0.444 e. The molecule has 0 aliphatic rings. The van der Waals surface area contributed by atoms with Crippen molar-refractivity contribution in [2.24, 2.45) is 5.73 Å². The summed E-state index contributed by atoms with van der Waals surface area (Å²) in [6.07, 6.45) is 5.33. The number of amides is 4. The molecule has 220 valence electrons. The number of alkyl carbamates (subject to hydrolysis) is 1. The Balaban J connectivity index is 3.47. The molecule has 0 bridgehead atoms. The molecule has 0 fully saturated rings. The fraction of sp³-hybridized carbons (Fsp3) is 0.667. The van der Waals surface area contributed by atoms with Gasteiger partial charge in [0.05, 0.1) is 0 Å². The van der Waals surface area contributed by atoms with Gasteiger partial charge in [0.15, 0.2) is 0 Å². The summed E-state index contributed by atoms with van der Waals surface area (Å²) in [6, 6.07) is 5.72. The van der Waals surface area contributed by atoms with Gasteiger partial charge in [0, 0.05) is 19.5 Å². The van der Waals surface area contributed by atoms with Crippen LogP contribution in [0.15, 0.2) is 24.3 Å². The van der Waals surface area contributed by atoms with Gasteiger partial charge in [-0.2, -0.15) is 0 Å². The maximum atomic E-state index is 14.1. The number of benzene rings is 1. The Bertz CT molecular complexity index is 911. The summed E-state index contributed by atoms with van der Waals surface area (Å²) in [5.74, 6) is -1.31. The first-order chi connectivity index (χ1) is 18.4. The highest BCUT2D eigenvalue weighted by molar-refractivity contribution is 5.92. The average Bonchev–Trinajstić information content (AvgIpc) is 2.87. The van der Waals surface area contributed by atoms with Gasteiger partial charge in [-0.15, -0.1) is 0 Å². The van der Waals surface area contributed by atoms with Crippen LogP contribution in [0.1, 0.15) is 110 Å². The van der Waals surface area contributed by atoms with E-state index in [1.165, 1.54) is 0 Å². The van der Waals surface area contributed by atoms with Crippen molar-refractivity contribution < 1.29 is 23.9 Å². The van der Waals surface area contributed by atoms with E-state index in [1.54, 1.807) is 25.7 Å². The van der Waals surface area contributed by atoms with Crippen LogP contribution in [0.2, 0.25) is 0 Å². The molecule has 1 aromatic rings. The van der Waals surface area contributed by atoms with Gasteiger partial charge in [0.1, 0.15) is 17.7 Å². The van der Waals surface area contributed by atoms with E-state index in [9.17, 15) is 19.2 Å². The maximum Gasteiger partial charge on any atom is 0.408 e. The van der Waals surface area contributed by atoms with E-state index < -0.39 is 35.6 Å². The quantitative estimate of drug-likeness (QED) is 0.242. The lowest BCUT2D eigenvalue weighted by molar-refractivity contribution is -0.142. The molecular weight excluding hydrogens is 496 g/mol. The van der Waals surface area contributed by atoms with E-state index in [0.29, 0.717) is 25.1 Å². The fourth-order valence-electron chi connectivity index (χ4n) is 4.16. The van der Waals surface area contributed by atoms with Gasteiger partial charge < -0.3 is 26.0 Å². The minimum atomic E-state index is -1.08. The van der Waals surface area contributed by atoms with Crippen LogP contribution in [-0.2, 0) is 25.5 Å². The van der Waals surface area contributed by atoms with Crippen LogP contribution in [0, 0.1) is 0 Å². The van der Waals surface area contributed by atoms with E-state index in [-0.39, 0.29) is 18.7 Å². The Morgan fingerprint density at radius 3 is 2.13 bits per heavy atom. The number of unbranched alkanes of at least 4 members (excludes halogenated alkanes) is 4. The number of nitrogens with zero attached hydrogens (tertiary/aromatic N) is 1. The Morgan fingerprint density at radius 2 is 1.59 bits per heavy atom. The largest absolute Gasteiger partial charge is 0.444 e. The number of nitrogens with two attached hydrogens (primary N) is 1. The highest BCUT2D eigenvalue weighted by atomic mass is 16.6. The first kappa shape index (κ1) is 33.9. The summed E-state index contributed by atoms with van der Waals surface area (Å²) in [6.45, 7) is 12.2. The van der Waals surface area contributed by atoms with Crippen molar-refractivity contribution in [3.05, 3.63) is 35.4 Å². The summed E-state index contributed by atoms with van der Waals surface area (Å²) in [4.78, 5) is 53.5. The first-order valence-electron chi connectivity index (χ1n) is 14.4. The molecule has 4 N–H and O–H groups in total. The zero-order valence-corrected chi connectivity index (χ0v) is 24.8. The third-order valence-electron chi connectivity index (χ3n) is 6.30. The second-order valence-electron chi connectivity index (χ2n) is 10.9. The molecule has 9 nitrogen and oxygen atoms in total. The zero-order chi connectivity index (χ0) is 29.4. The van der Waals surface area contributed by atoms with Crippen molar-refractivity contribution in [2.45, 2.75) is 117 Å². The molecule has 1 rings (SSSR count). The van der Waals surface area contributed by atoms with Crippen LogP contribution in [0.3, 0.4) is 0 Å². The Labute approximate surface area is 234 Å². The lowest BCUT2D eigenvalue weighted by Crippen LogP contribution is -2.53. The lowest BCUT2D eigenvalue weighted by atomic mass is 9.99. The molecule has 39 heavy (non-hydrogen) atoms. The average molecular weight is 547 g/mol. The molecular formula is C30H50N4O5. The first-order valence-corrected chi connectivity index (χ1v) is 14.4. The second-order valence-corrected chi connectivity index (χ2v) is 10.9. The van der Waals surface area contributed by atoms with Gasteiger partial charge in [-0.3, -0.25) is 14.4 Å². The number of rotatable bonds is 17. The summed E-state index contributed by atoms with van der Waals surface area (Å²) in [5, 5.41) is 5.62. The number of ether oxygens (including phenoxy) is 1. The summed E-state index contributed by atoms with van der Waals surface area (Å²) >= 11 is 0. The van der Waals surface area contributed by atoms with Crippen molar-refractivity contribution in [1.82, 2.24) is 15.5 Å². The number of carbonyl (C=O) groups excluding carboxylic acids is 4. The zero-order valence-electron chi connectivity index (χ0n) is 24.8. The topological polar surface area (TPSA) is 131 Å². The van der Waals surface area contributed by atoms with Gasteiger partial charge in [-0.1, -0.05) is 70.7 Å². The van der Waals surface area contributed by atoms with Crippen LogP contribution in [0.4, 0.5) is 4.79 Å². The molecule has 0 saturated heterocycles. The van der Waals surface area contributed by atoms with Crippen molar-refractivity contribution in [1.29, 1.82) is 0 Å². The SMILES string of the molecule is CCCCCCN(C(=O)C(CCC(N)=O)NC(=O)OC(C)(C)C)C(C(=O)NCCCC)c1ccc(CC)cc1. The van der Waals surface area contributed by atoms with Crippen LogP contribution >= 0.6 is 0 Å². The maximum absolute atomic E-state index is 14.1. The number of aryl methyl sites for hydroxylation is 1. The van der Waals surface area contributed by atoms with Gasteiger partial charge >= 0.3 is 6.09 Å². The minimum absolute atomic E-state index is 0.00217. The smallest absolute Gasteiger partial charge is 0.408 e. The van der Waals surface area contributed by atoms with Crippen LogP contribution in [0.5, 0.6) is 0 Å². The summed E-state index contributed by atoms with van der Waals surface area (Å²) in [5.41, 5.74) is 6.42. The Kier molecular flexibility index (Phi) is 15.2. The van der Waals surface area contributed by atoms with Crippen molar-refractivity contribution >= 4 is 23.8 Å². The van der Waals surface area contributed by atoms with Crippen LogP contribution in [0.25, 0.3) is 0 Å². The second kappa shape index (κ2) is 17.5. The summed E-state index contributed by atoms with van der Waals surface area (Å²) in [7, 11) is 0. The standard InChI is InChI=1S/C30H50N4O5/c1-7-10-12-13-21-34(28(37)24(18-19-25(31)35)33-29(38)39-30(4,5)6)26(27(36)32-20-11-8-2)23-16-14-22(9-3)15-17-23/h14-17,24,26H,7-13,18-21H2,1-6H3,(H2,31,35)(H,32,36)(H,33,38). The van der Waals surface area contributed by atoms with E-state index in [0.717, 1.165) is 44.1 Å². The number of carbonyl (C=O) groups is 4. The molecule has 2 atom stereocenters. The molecule has 0 saturated carbocycles. The molecule has 0 spiro atoms. The van der Waals surface area contributed by atoms with Crippen molar-refractivity contribution in [3.63, 3.8) is 0 Å².